The standard InChI is InChI=1S/C19H25N3O3/c1-13(17(23)21-19(2,3)4)25-18(24)15(12-20)11-14-7-9-16(10-8-14)22(5)6/h7-11,13H,1-6H3,(H,21,23)/b15-11+/t13-/m1/s1. The lowest BCUT2D eigenvalue weighted by atomic mass is 10.1. The topological polar surface area (TPSA) is 82.4 Å². The van der Waals surface area contributed by atoms with E-state index in [1.807, 2.05) is 58.0 Å². The van der Waals surface area contributed by atoms with E-state index in [1.165, 1.54) is 13.0 Å². The van der Waals surface area contributed by atoms with Gasteiger partial charge >= 0.3 is 5.97 Å². The Morgan fingerprint density at radius 2 is 1.80 bits per heavy atom. The van der Waals surface area contributed by atoms with Gasteiger partial charge in [-0.05, 0) is 51.5 Å². The maximum atomic E-state index is 12.1. The van der Waals surface area contributed by atoms with E-state index in [9.17, 15) is 14.9 Å². The number of rotatable bonds is 5. The van der Waals surface area contributed by atoms with Gasteiger partial charge in [-0.15, -0.1) is 0 Å². The van der Waals surface area contributed by atoms with E-state index in [0.29, 0.717) is 5.56 Å². The molecular weight excluding hydrogens is 318 g/mol. The minimum Gasteiger partial charge on any atom is -0.448 e. The molecule has 1 aromatic rings. The van der Waals surface area contributed by atoms with Gasteiger partial charge in [0.2, 0.25) is 0 Å². The van der Waals surface area contributed by atoms with E-state index in [4.69, 9.17) is 4.74 Å². The second kappa shape index (κ2) is 8.34. The maximum Gasteiger partial charge on any atom is 0.349 e. The number of carbonyl (C=O) groups is 2. The van der Waals surface area contributed by atoms with Gasteiger partial charge in [0, 0.05) is 25.3 Å². The minimum absolute atomic E-state index is 0.159. The van der Waals surface area contributed by atoms with Gasteiger partial charge in [0.25, 0.3) is 5.91 Å². The highest BCUT2D eigenvalue weighted by Crippen LogP contribution is 2.15. The number of carbonyl (C=O) groups excluding carboxylic acids is 2. The average Bonchev–Trinajstić information content (AvgIpc) is 2.51. The summed E-state index contributed by atoms with van der Waals surface area (Å²) in [5.74, 6) is -1.23. The van der Waals surface area contributed by atoms with Crippen molar-refractivity contribution in [2.24, 2.45) is 0 Å². The van der Waals surface area contributed by atoms with Crippen LogP contribution in [0.2, 0.25) is 0 Å². The Morgan fingerprint density at radius 3 is 2.24 bits per heavy atom. The van der Waals surface area contributed by atoms with Crippen molar-refractivity contribution in [1.82, 2.24) is 5.32 Å². The number of benzene rings is 1. The van der Waals surface area contributed by atoms with E-state index in [1.54, 1.807) is 12.1 Å². The molecule has 0 heterocycles. The van der Waals surface area contributed by atoms with Gasteiger partial charge in [-0.3, -0.25) is 4.79 Å². The molecule has 0 bridgehead atoms. The Balaban J connectivity index is 2.83. The Kier molecular flexibility index (Phi) is 6.75. The molecule has 0 unspecified atom stereocenters. The van der Waals surface area contributed by atoms with E-state index in [2.05, 4.69) is 5.32 Å². The van der Waals surface area contributed by atoms with E-state index in [-0.39, 0.29) is 5.57 Å². The van der Waals surface area contributed by atoms with Gasteiger partial charge in [-0.1, -0.05) is 12.1 Å². The molecule has 134 valence electrons. The van der Waals surface area contributed by atoms with Crippen LogP contribution in [0.5, 0.6) is 0 Å². The Bertz CT molecular complexity index is 692. The number of hydrogen-bond donors (Lipinski definition) is 1. The number of esters is 1. The summed E-state index contributed by atoms with van der Waals surface area (Å²) in [7, 11) is 3.85. The highest BCUT2D eigenvalue weighted by Gasteiger charge is 2.23. The van der Waals surface area contributed by atoms with Crippen LogP contribution in [0.4, 0.5) is 5.69 Å². The van der Waals surface area contributed by atoms with E-state index in [0.717, 1.165) is 5.69 Å². The fourth-order valence-electron chi connectivity index (χ4n) is 1.92. The number of nitrogens with zero attached hydrogens (tertiary/aromatic N) is 2. The van der Waals surface area contributed by atoms with Crippen LogP contribution in [0, 0.1) is 11.3 Å². The summed E-state index contributed by atoms with van der Waals surface area (Å²) in [5.41, 5.74) is 1.12. The van der Waals surface area contributed by atoms with Gasteiger partial charge in [0.05, 0.1) is 0 Å². The molecule has 6 heteroatoms. The first-order valence-corrected chi connectivity index (χ1v) is 7.95. The highest BCUT2D eigenvalue weighted by molar-refractivity contribution is 5.99. The van der Waals surface area contributed by atoms with Crippen LogP contribution < -0.4 is 10.2 Å². The monoisotopic (exact) mass is 343 g/mol. The molecule has 1 aromatic carbocycles. The zero-order valence-corrected chi connectivity index (χ0v) is 15.6. The van der Waals surface area contributed by atoms with Crippen molar-refractivity contribution in [3.8, 4) is 6.07 Å². The number of anilines is 1. The molecule has 0 saturated heterocycles. The quantitative estimate of drug-likeness (QED) is 0.505. The maximum absolute atomic E-state index is 12.1. The third-order valence-corrected chi connectivity index (χ3v) is 3.21. The minimum atomic E-state index is -0.986. The number of hydrogen-bond acceptors (Lipinski definition) is 5. The zero-order chi connectivity index (χ0) is 19.2. The van der Waals surface area contributed by atoms with Gasteiger partial charge in [0.1, 0.15) is 11.6 Å². The van der Waals surface area contributed by atoms with Crippen molar-refractivity contribution in [2.45, 2.75) is 39.3 Å². The molecule has 25 heavy (non-hydrogen) atoms. The van der Waals surface area contributed by atoms with E-state index >= 15 is 0 Å². The molecule has 6 nitrogen and oxygen atoms in total. The number of nitrogens with one attached hydrogen (secondary N) is 1. The summed E-state index contributed by atoms with van der Waals surface area (Å²) in [5, 5.41) is 11.9. The fraction of sp³-hybridized carbons (Fsp3) is 0.421. The molecule has 0 aromatic heterocycles. The second-order valence-electron chi connectivity index (χ2n) is 6.94. The molecular formula is C19H25N3O3. The summed E-state index contributed by atoms with van der Waals surface area (Å²) < 4.78 is 5.10. The predicted molar refractivity (Wildman–Crippen MR) is 97.8 cm³/mol. The molecule has 1 atom stereocenters. The largest absolute Gasteiger partial charge is 0.448 e. The SMILES string of the molecule is C[C@@H](OC(=O)/C(C#N)=C/c1ccc(N(C)C)cc1)C(=O)NC(C)(C)C. The van der Waals surface area contributed by atoms with Crippen LogP contribution in [0.15, 0.2) is 29.8 Å². The molecule has 0 saturated carbocycles. The summed E-state index contributed by atoms with van der Waals surface area (Å²) in [6, 6.07) is 9.19. The second-order valence-corrected chi connectivity index (χ2v) is 6.94. The van der Waals surface area contributed by atoms with Crippen molar-refractivity contribution in [3.63, 3.8) is 0 Å². The molecule has 0 spiro atoms. The van der Waals surface area contributed by atoms with Gasteiger partial charge in [-0.2, -0.15) is 5.26 Å². The molecule has 0 radical (unpaired) electrons. The van der Waals surface area contributed by atoms with Crippen LogP contribution in [0.3, 0.4) is 0 Å². The molecule has 0 aliphatic heterocycles. The summed E-state index contributed by atoms with van der Waals surface area (Å²) in [6.07, 6.45) is 0.454. The third-order valence-electron chi connectivity index (χ3n) is 3.21. The van der Waals surface area contributed by atoms with Crippen molar-refractivity contribution in [3.05, 3.63) is 35.4 Å². The molecule has 1 amide bonds. The molecule has 0 aliphatic carbocycles. The predicted octanol–water partition coefficient (Wildman–Crippen LogP) is 2.51. The van der Waals surface area contributed by atoms with E-state index < -0.39 is 23.5 Å². The Hall–Kier alpha value is -2.81. The van der Waals surface area contributed by atoms with Crippen molar-refractivity contribution < 1.29 is 14.3 Å². The summed E-state index contributed by atoms with van der Waals surface area (Å²) >= 11 is 0. The molecule has 1 rings (SSSR count). The first kappa shape index (κ1) is 20.2. The van der Waals surface area contributed by atoms with Crippen molar-refractivity contribution in [2.75, 3.05) is 19.0 Å². The normalized spacial score (nSPS) is 12.8. The summed E-state index contributed by atoms with van der Waals surface area (Å²) in [4.78, 5) is 26.0. The highest BCUT2D eigenvalue weighted by atomic mass is 16.5. The van der Waals surface area contributed by atoms with Crippen LogP contribution in [-0.4, -0.2) is 37.6 Å². The van der Waals surface area contributed by atoms with Crippen LogP contribution in [-0.2, 0) is 14.3 Å². The number of nitriles is 1. The first-order valence-electron chi connectivity index (χ1n) is 7.95. The van der Waals surface area contributed by atoms with Gasteiger partial charge in [0.15, 0.2) is 6.10 Å². The average molecular weight is 343 g/mol. The number of ether oxygens (including phenoxy) is 1. The lowest BCUT2D eigenvalue weighted by molar-refractivity contribution is -0.151. The number of amides is 1. The van der Waals surface area contributed by atoms with Crippen molar-refractivity contribution >= 4 is 23.6 Å². The van der Waals surface area contributed by atoms with Crippen LogP contribution in [0.1, 0.15) is 33.3 Å². The molecule has 1 N–H and O–H groups in total. The van der Waals surface area contributed by atoms with Crippen LogP contribution in [0.25, 0.3) is 6.08 Å². The van der Waals surface area contributed by atoms with Crippen LogP contribution >= 0.6 is 0 Å². The third kappa shape index (κ3) is 6.68. The lowest BCUT2D eigenvalue weighted by Crippen LogP contribution is -2.46. The Labute approximate surface area is 149 Å². The zero-order valence-electron chi connectivity index (χ0n) is 15.6. The van der Waals surface area contributed by atoms with Gasteiger partial charge in [-0.25, -0.2) is 4.79 Å². The fourth-order valence-corrected chi connectivity index (χ4v) is 1.92. The summed E-state index contributed by atoms with van der Waals surface area (Å²) in [6.45, 7) is 6.96. The first-order chi connectivity index (χ1) is 11.5. The molecule has 0 aliphatic rings. The Morgan fingerprint density at radius 1 is 1.24 bits per heavy atom. The van der Waals surface area contributed by atoms with Crippen molar-refractivity contribution in [1.29, 1.82) is 5.26 Å². The lowest BCUT2D eigenvalue weighted by Gasteiger charge is -2.23. The smallest absolute Gasteiger partial charge is 0.349 e. The van der Waals surface area contributed by atoms with Gasteiger partial charge < -0.3 is 15.0 Å². The molecule has 0 fully saturated rings.